The van der Waals surface area contributed by atoms with Crippen molar-refractivity contribution in [2.75, 3.05) is 66.7 Å². The smallest absolute Gasteiger partial charge is 0.323 e. The number of rotatable bonds is 4. The van der Waals surface area contributed by atoms with Crippen molar-refractivity contribution in [3.8, 4) is 0 Å². The number of hydrogen-bond donors (Lipinski definition) is 2. The summed E-state index contributed by atoms with van der Waals surface area (Å²) in [6, 6.07) is 16.0. The number of likely N-dealkylation sites (N-methyl/N-ethyl adjacent to an activating group) is 1. The average molecular weight is 394 g/mol. The molecule has 0 aromatic heterocycles. The van der Waals surface area contributed by atoms with Crippen LogP contribution in [0.3, 0.4) is 0 Å². The van der Waals surface area contributed by atoms with E-state index in [4.69, 9.17) is 0 Å². The normalized spacial score (nSPS) is 17.8. The first kappa shape index (κ1) is 19.6. The summed E-state index contributed by atoms with van der Waals surface area (Å²) in [6.07, 6.45) is 3.85. The van der Waals surface area contributed by atoms with Gasteiger partial charge in [-0.2, -0.15) is 0 Å². The van der Waals surface area contributed by atoms with E-state index in [0.29, 0.717) is 0 Å². The van der Waals surface area contributed by atoms with Crippen LogP contribution in [0.15, 0.2) is 48.5 Å². The van der Waals surface area contributed by atoms with Crippen LogP contribution in [0.25, 0.3) is 0 Å². The summed E-state index contributed by atoms with van der Waals surface area (Å²) in [6.45, 7) is 6.49. The minimum atomic E-state index is -0.219. The lowest BCUT2D eigenvalue weighted by Gasteiger charge is -2.34. The molecule has 2 N–H and O–H groups in total. The van der Waals surface area contributed by atoms with Crippen molar-refractivity contribution in [2.45, 2.75) is 19.3 Å². The van der Waals surface area contributed by atoms with E-state index in [1.54, 1.807) is 0 Å². The molecule has 0 spiro atoms. The van der Waals surface area contributed by atoms with Gasteiger partial charge < -0.3 is 25.3 Å². The van der Waals surface area contributed by atoms with E-state index in [2.05, 4.69) is 56.6 Å². The van der Waals surface area contributed by atoms with Crippen LogP contribution in [-0.4, -0.2) is 57.2 Å². The molecule has 0 unspecified atom stereocenters. The van der Waals surface area contributed by atoms with E-state index < -0.39 is 0 Å². The van der Waals surface area contributed by atoms with E-state index in [0.717, 1.165) is 50.6 Å². The van der Waals surface area contributed by atoms with Crippen LogP contribution < -0.4 is 20.4 Å². The quantitative estimate of drug-likeness (QED) is 0.822. The maximum Gasteiger partial charge on any atom is 0.323 e. The Bertz CT molecular complexity index is 791. The molecule has 0 saturated carbocycles. The summed E-state index contributed by atoms with van der Waals surface area (Å²) in [5, 5.41) is 5.84. The summed E-state index contributed by atoms with van der Waals surface area (Å²) in [5.74, 6) is 0. The molecule has 2 fully saturated rings. The molecule has 0 bridgehead atoms. The lowest BCUT2D eigenvalue weighted by molar-refractivity contribution is 0.262. The third kappa shape index (κ3) is 5.21. The van der Waals surface area contributed by atoms with Gasteiger partial charge in [0.05, 0.1) is 0 Å². The minimum absolute atomic E-state index is 0.219. The zero-order valence-corrected chi connectivity index (χ0v) is 17.2. The molecular formula is C23H31N5O. The Morgan fingerprint density at radius 2 is 1.10 bits per heavy atom. The number of piperidine rings is 1. The molecule has 154 valence electrons. The van der Waals surface area contributed by atoms with E-state index in [-0.39, 0.29) is 6.03 Å². The molecule has 0 radical (unpaired) electrons. The second-order valence-corrected chi connectivity index (χ2v) is 8.01. The van der Waals surface area contributed by atoms with E-state index in [1.807, 2.05) is 24.3 Å². The fourth-order valence-corrected chi connectivity index (χ4v) is 4.02. The number of carbonyl (C=O) groups is 1. The molecule has 6 nitrogen and oxygen atoms in total. The Hall–Kier alpha value is -2.73. The minimum Gasteiger partial charge on any atom is -0.372 e. The number of carbonyl (C=O) groups excluding carboxylic acids is 1. The van der Waals surface area contributed by atoms with Crippen LogP contribution in [-0.2, 0) is 0 Å². The van der Waals surface area contributed by atoms with Gasteiger partial charge in [-0.25, -0.2) is 4.79 Å². The molecule has 0 aliphatic carbocycles. The van der Waals surface area contributed by atoms with Crippen molar-refractivity contribution in [1.82, 2.24) is 4.90 Å². The van der Waals surface area contributed by atoms with Gasteiger partial charge in [0.2, 0.25) is 0 Å². The van der Waals surface area contributed by atoms with Gasteiger partial charge in [-0.3, -0.25) is 0 Å². The van der Waals surface area contributed by atoms with Crippen LogP contribution in [0.2, 0.25) is 0 Å². The van der Waals surface area contributed by atoms with Crippen LogP contribution >= 0.6 is 0 Å². The number of nitrogens with one attached hydrogen (secondary N) is 2. The Kier molecular flexibility index (Phi) is 6.20. The zero-order chi connectivity index (χ0) is 20.1. The summed E-state index contributed by atoms with van der Waals surface area (Å²) < 4.78 is 0. The zero-order valence-electron chi connectivity index (χ0n) is 17.2. The highest BCUT2D eigenvalue weighted by molar-refractivity contribution is 5.99. The number of hydrogen-bond acceptors (Lipinski definition) is 4. The lowest BCUT2D eigenvalue weighted by atomic mass is 10.1. The molecule has 2 heterocycles. The van der Waals surface area contributed by atoms with Crippen LogP contribution in [0.4, 0.5) is 27.5 Å². The monoisotopic (exact) mass is 393 g/mol. The van der Waals surface area contributed by atoms with Crippen molar-refractivity contribution in [3.63, 3.8) is 0 Å². The molecule has 2 aromatic rings. The van der Waals surface area contributed by atoms with E-state index in [1.165, 1.54) is 30.6 Å². The molecule has 4 rings (SSSR count). The molecule has 2 amide bonds. The number of urea groups is 1. The maximum absolute atomic E-state index is 12.3. The van der Waals surface area contributed by atoms with Crippen molar-refractivity contribution in [3.05, 3.63) is 48.5 Å². The number of piperazine rings is 1. The van der Waals surface area contributed by atoms with Gasteiger partial charge in [0.1, 0.15) is 0 Å². The molecule has 2 aromatic carbocycles. The van der Waals surface area contributed by atoms with Crippen molar-refractivity contribution >= 4 is 28.8 Å². The maximum atomic E-state index is 12.3. The van der Waals surface area contributed by atoms with Crippen LogP contribution in [0, 0.1) is 0 Å². The molecular weight excluding hydrogens is 362 g/mol. The number of amides is 2. The van der Waals surface area contributed by atoms with Gasteiger partial charge >= 0.3 is 6.03 Å². The molecule has 0 atom stereocenters. The fourth-order valence-electron chi connectivity index (χ4n) is 4.02. The first-order valence-corrected chi connectivity index (χ1v) is 10.6. The average Bonchev–Trinajstić information content (AvgIpc) is 2.76. The Morgan fingerprint density at radius 1 is 0.655 bits per heavy atom. The predicted octanol–water partition coefficient (Wildman–Crippen LogP) is 4.07. The SMILES string of the molecule is CN1CCN(c2ccc(NC(=O)Nc3ccc(N4CCCCC4)cc3)cc2)CC1. The van der Waals surface area contributed by atoms with Crippen LogP contribution in [0.5, 0.6) is 0 Å². The first-order chi connectivity index (χ1) is 14.2. The summed E-state index contributed by atoms with van der Waals surface area (Å²) in [4.78, 5) is 19.5. The van der Waals surface area contributed by atoms with Gasteiger partial charge in [0.15, 0.2) is 0 Å². The van der Waals surface area contributed by atoms with Crippen molar-refractivity contribution in [1.29, 1.82) is 0 Å². The second-order valence-electron chi connectivity index (χ2n) is 8.01. The van der Waals surface area contributed by atoms with Gasteiger partial charge in [-0.15, -0.1) is 0 Å². The van der Waals surface area contributed by atoms with Gasteiger partial charge in [0.25, 0.3) is 0 Å². The van der Waals surface area contributed by atoms with Gasteiger partial charge in [-0.1, -0.05) is 0 Å². The van der Waals surface area contributed by atoms with Crippen molar-refractivity contribution in [2.24, 2.45) is 0 Å². The predicted molar refractivity (Wildman–Crippen MR) is 121 cm³/mol. The summed E-state index contributed by atoms with van der Waals surface area (Å²) in [5.41, 5.74) is 4.04. The molecule has 29 heavy (non-hydrogen) atoms. The lowest BCUT2D eigenvalue weighted by Crippen LogP contribution is -2.44. The largest absolute Gasteiger partial charge is 0.372 e. The third-order valence-electron chi connectivity index (χ3n) is 5.84. The summed E-state index contributed by atoms with van der Waals surface area (Å²) in [7, 11) is 2.16. The topological polar surface area (TPSA) is 50.9 Å². The Balaban J connectivity index is 1.29. The van der Waals surface area contributed by atoms with Gasteiger partial charge in [-0.05, 0) is 74.8 Å². The Labute approximate surface area is 173 Å². The highest BCUT2D eigenvalue weighted by Crippen LogP contribution is 2.22. The Morgan fingerprint density at radius 3 is 1.59 bits per heavy atom. The van der Waals surface area contributed by atoms with E-state index in [9.17, 15) is 4.79 Å². The highest BCUT2D eigenvalue weighted by atomic mass is 16.2. The molecule has 6 heteroatoms. The van der Waals surface area contributed by atoms with Gasteiger partial charge in [0, 0.05) is 62.0 Å². The standard InChI is InChI=1S/C23H31N5O/c1-26-15-17-28(18-16-26)22-11-7-20(8-12-22)25-23(29)24-19-5-9-21(10-6-19)27-13-3-2-4-14-27/h5-12H,2-4,13-18H2,1H3,(H2,24,25,29). The first-order valence-electron chi connectivity index (χ1n) is 10.6. The number of nitrogens with zero attached hydrogens (tertiary/aromatic N) is 3. The number of benzene rings is 2. The highest BCUT2D eigenvalue weighted by Gasteiger charge is 2.14. The van der Waals surface area contributed by atoms with Crippen LogP contribution in [0.1, 0.15) is 19.3 Å². The fraction of sp³-hybridized carbons (Fsp3) is 0.435. The second kappa shape index (κ2) is 9.18. The number of anilines is 4. The molecule has 2 aliphatic heterocycles. The molecule has 2 saturated heterocycles. The van der Waals surface area contributed by atoms with E-state index >= 15 is 0 Å². The third-order valence-corrected chi connectivity index (χ3v) is 5.84. The summed E-state index contributed by atoms with van der Waals surface area (Å²) >= 11 is 0. The van der Waals surface area contributed by atoms with Crippen molar-refractivity contribution < 1.29 is 4.79 Å². The molecule has 2 aliphatic rings.